The van der Waals surface area contributed by atoms with Crippen LogP contribution < -0.4 is 14.4 Å². The second kappa shape index (κ2) is 10.1. The van der Waals surface area contributed by atoms with Gasteiger partial charge in [0.2, 0.25) is 5.91 Å². The molecule has 1 N–H and O–H groups in total. The van der Waals surface area contributed by atoms with E-state index in [2.05, 4.69) is 5.32 Å². The van der Waals surface area contributed by atoms with Crippen LogP contribution in [-0.4, -0.2) is 28.0 Å². The fourth-order valence-electron chi connectivity index (χ4n) is 3.12. The van der Waals surface area contributed by atoms with Crippen LogP contribution in [0.3, 0.4) is 0 Å². The number of sulfonamides is 1. The number of anilines is 1. The Morgan fingerprint density at radius 1 is 1.00 bits per heavy atom. The van der Waals surface area contributed by atoms with E-state index in [1.165, 1.54) is 12.1 Å². The topological polar surface area (TPSA) is 75.7 Å². The maximum absolute atomic E-state index is 13.5. The molecule has 3 rings (SSSR count). The van der Waals surface area contributed by atoms with E-state index in [9.17, 15) is 13.2 Å². The minimum atomic E-state index is -4.00. The van der Waals surface area contributed by atoms with Crippen molar-refractivity contribution in [1.29, 1.82) is 0 Å². The molecule has 32 heavy (non-hydrogen) atoms. The zero-order valence-electron chi connectivity index (χ0n) is 18.1. The first-order chi connectivity index (χ1) is 15.2. The fraction of sp³-hybridized carbons (Fsp3) is 0.208. The van der Waals surface area contributed by atoms with Crippen molar-refractivity contribution in [2.24, 2.45) is 0 Å². The molecule has 0 aromatic heterocycles. The summed E-state index contributed by atoms with van der Waals surface area (Å²) in [6, 6.07) is 18.7. The van der Waals surface area contributed by atoms with Gasteiger partial charge in [0.25, 0.3) is 10.0 Å². The highest BCUT2D eigenvalue weighted by Gasteiger charge is 2.28. The molecule has 0 unspecified atom stereocenters. The summed E-state index contributed by atoms with van der Waals surface area (Å²) in [4.78, 5) is 12.9. The third kappa shape index (κ3) is 5.60. The van der Waals surface area contributed by atoms with Gasteiger partial charge in [-0.15, -0.1) is 0 Å². The van der Waals surface area contributed by atoms with Crippen LogP contribution in [0.1, 0.15) is 16.7 Å². The highest BCUT2D eigenvalue weighted by molar-refractivity contribution is 7.92. The van der Waals surface area contributed by atoms with Gasteiger partial charge < -0.3 is 10.1 Å². The van der Waals surface area contributed by atoms with Crippen molar-refractivity contribution in [3.63, 3.8) is 0 Å². The van der Waals surface area contributed by atoms with E-state index in [4.69, 9.17) is 16.3 Å². The Kier molecular flexibility index (Phi) is 7.43. The Morgan fingerprint density at radius 2 is 1.66 bits per heavy atom. The van der Waals surface area contributed by atoms with E-state index in [1.807, 2.05) is 19.1 Å². The van der Waals surface area contributed by atoms with Crippen LogP contribution in [0, 0.1) is 13.8 Å². The molecule has 0 saturated heterocycles. The summed E-state index contributed by atoms with van der Waals surface area (Å²) in [7, 11) is -2.42. The summed E-state index contributed by atoms with van der Waals surface area (Å²) >= 11 is 6.15. The second-order valence-corrected chi connectivity index (χ2v) is 9.68. The van der Waals surface area contributed by atoms with Crippen LogP contribution in [0.15, 0.2) is 71.6 Å². The number of hydrogen-bond donors (Lipinski definition) is 1. The first kappa shape index (κ1) is 23.6. The molecule has 8 heteroatoms. The Balaban J connectivity index is 1.87. The number of carbonyl (C=O) groups excluding carboxylic acids is 1. The number of nitrogens with one attached hydrogen (secondary N) is 1. The lowest BCUT2D eigenvalue weighted by atomic mass is 10.2. The average molecular weight is 473 g/mol. The molecular formula is C24H25ClN2O4S. The van der Waals surface area contributed by atoms with E-state index < -0.39 is 15.9 Å². The fourth-order valence-corrected chi connectivity index (χ4v) is 4.76. The Morgan fingerprint density at radius 3 is 2.28 bits per heavy atom. The van der Waals surface area contributed by atoms with Crippen LogP contribution in [0.2, 0.25) is 5.02 Å². The molecule has 0 atom stereocenters. The summed E-state index contributed by atoms with van der Waals surface area (Å²) in [5, 5.41) is 3.17. The average Bonchev–Trinajstić information content (AvgIpc) is 2.78. The van der Waals surface area contributed by atoms with Crippen molar-refractivity contribution >= 4 is 33.2 Å². The normalized spacial score (nSPS) is 11.1. The maximum Gasteiger partial charge on any atom is 0.264 e. The van der Waals surface area contributed by atoms with Crippen molar-refractivity contribution in [3.05, 3.63) is 88.4 Å². The lowest BCUT2D eigenvalue weighted by molar-refractivity contribution is -0.119. The van der Waals surface area contributed by atoms with Crippen molar-refractivity contribution in [1.82, 2.24) is 5.32 Å². The molecule has 0 aliphatic heterocycles. The van der Waals surface area contributed by atoms with Crippen LogP contribution >= 0.6 is 11.6 Å². The van der Waals surface area contributed by atoms with E-state index in [1.54, 1.807) is 56.5 Å². The summed E-state index contributed by atoms with van der Waals surface area (Å²) in [6.07, 6.45) is 0. The summed E-state index contributed by atoms with van der Waals surface area (Å²) in [5.41, 5.74) is 2.85. The molecule has 0 radical (unpaired) electrons. The highest BCUT2D eigenvalue weighted by Crippen LogP contribution is 2.29. The molecule has 0 bridgehead atoms. The SMILES string of the molecule is COc1ccc(CNC(=O)CN(c2cc(Cl)ccc2C)S(=O)(=O)c2ccc(C)cc2)cc1. The lowest BCUT2D eigenvalue weighted by Crippen LogP contribution is -2.41. The molecule has 0 saturated carbocycles. The standard InChI is InChI=1S/C24H25ClN2O4S/c1-17-4-12-22(13-5-17)32(29,30)27(23-14-20(25)9-6-18(23)2)16-24(28)26-15-19-7-10-21(31-3)11-8-19/h4-14H,15-16H2,1-3H3,(H,26,28). The number of hydrogen-bond acceptors (Lipinski definition) is 4. The molecule has 1 amide bonds. The van der Waals surface area contributed by atoms with Crippen molar-refractivity contribution < 1.29 is 17.9 Å². The van der Waals surface area contributed by atoms with Gasteiger partial charge in [-0.1, -0.05) is 47.5 Å². The number of methoxy groups -OCH3 is 1. The number of ether oxygens (including phenoxy) is 1. The summed E-state index contributed by atoms with van der Waals surface area (Å²) < 4.78 is 33.2. The van der Waals surface area contributed by atoms with Crippen LogP contribution in [0.5, 0.6) is 5.75 Å². The molecule has 3 aromatic rings. The first-order valence-corrected chi connectivity index (χ1v) is 11.8. The number of nitrogens with zero attached hydrogens (tertiary/aromatic N) is 1. The minimum absolute atomic E-state index is 0.102. The predicted octanol–water partition coefficient (Wildman–Crippen LogP) is 4.48. The molecule has 0 aliphatic carbocycles. The number of benzene rings is 3. The van der Waals surface area contributed by atoms with Crippen LogP contribution in [-0.2, 0) is 21.4 Å². The minimum Gasteiger partial charge on any atom is -0.497 e. The number of amides is 1. The van der Waals surface area contributed by atoms with Gasteiger partial charge in [-0.05, 0) is 61.4 Å². The zero-order valence-corrected chi connectivity index (χ0v) is 19.7. The number of aryl methyl sites for hydroxylation is 2. The van der Waals surface area contributed by atoms with Gasteiger partial charge in [0.15, 0.2) is 0 Å². The van der Waals surface area contributed by atoms with E-state index in [0.29, 0.717) is 22.0 Å². The van der Waals surface area contributed by atoms with E-state index in [-0.39, 0.29) is 18.0 Å². The van der Waals surface area contributed by atoms with Crippen LogP contribution in [0.25, 0.3) is 0 Å². The molecule has 168 valence electrons. The van der Waals surface area contributed by atoms with Gasteiger partial charge in [0.05, 0.1) is 17.7 Å². The molecule has 0 fully saturated rings. The van der Waals surface area contributed by atoms with Gasteiger partial charge >= 0.3 is 0 Å². The van der Waals surface area contributed by atoms with Gasteiger partial charge in [-0.25, -0.2) is 8.42 Å². The third-order valence-corrected chi connectivity index (χ3v) is 6.99. The summed E-state index contributed by atoms with van der Waals surface area (Å²) in [6.45, 7) is 3.53. The molecule has 0 aliphatic rings. The van der Waals surface area contributed by atoms with Crippen molar-refractivity contribution in [2.45, 2.75) is 25.3 Å². The molecule has 6 nitrogen and oxygen atoms in total. The number of carbonyl (C=O) groups is 1. The Labute approximate surface area is 193 Å². The van der Waals surface area contributed by atoms with Crippen LogP contribution in [0.4, 0.5) is 5.69 Å². The Hall–Kier alpha value is -3.03. The monoisotopic (exact) mass is 472 g/mol. The molecule has 3 aromatic carbocycles. The highest BCUT2D eigenvalue weighted by atomic mass is 35.5. The van der Waals surface area contributed by atoms with E-state index in [0.717, 1.165) is 15.4 Å². The molecule has 0 spiro atoms. The van der Waals surface area contributed by atoms with E-state index >= 15 is 0 Å². The quantitative estimate of drug-likeness (QED) is 0.524. The second-order valence-electron chi connectivity index (χ2n) is 7.38. The molecular weight excluding hydrogens is 448 g/mol. The number of halogens is 1. The Bertz CT molecular complexity index is 1190. The van der Waals surface area contributed by atoms with Crippen molar-refractivity contribution in [3.8, 4) is 5.75 Å². The summed E-state index contributed by atoms with van der Waals surface area (Å²) in [5.74, 6) is 0.280. The van der Waals surface area contributed by atoms with Gasteiger partial charge in [-0.3, -0.25) is 9.10 Å². The van der Waals surface area contributed by atoms with Crippen molar-refractivity contribution in [2.75, 3.05) is 18.0 Å². The molecule has 0 heterocycles. The largest absolute Gasteiger partial charge is 0.497 e. The first-order valence-electron chi connectivity index (χ1n) is 9.96. The number of rotatable bonds is 8. The maximum atomic E-state index is 13.5. The smallest absolute Gasteiger partial charge is 0.264 e. The predicted molar refractivity (Wildman–Crippen MR) is 127 cm³/mol. The van der Waals surface area contributed by atoms with Gasteiger partial charge in [0, 0.05) is 11.6 Å². The van der Waals surface area contributed by atoms with Gasteiger partial charge in [-0.2, -0.15) is 0 Å². The van der Waals surface area contributed by atoms with Gasteiger partial charge in [0.1, 0.15) is 12.3 Å². The third-order valence-electron chi connectivity index (χ3n) is 4.98. The lowest BCUT2D eigenvalue weighted by Gasteiger charge is -2.26. The zero-order chi connectivity index (χ0) is 23.3.